The summed E-state index contributed by atoms with van der Waals surface area (Å²) in [6, 6.07) is 11.6. The molecule has 0 fully saturated rings. The molecule has 0 bridgehead atoms. The summed E-state index contributed by atoms with van der Waals surface area (Å²) in [5.41, 5.74) is 1.57. The minimum atomic E-state index is -3.54. The van der Waals surface area contributed by atoms with Gasteiger partial charge in [0.25, 0.3) is 5.91 Å². The quantitative estimate of drug-likeness (QED) is 0.644. The normalized spacial score (nSPS) is 12.4. The summed E-state index contributed by atoms with van der Waals surface area (Å²) in [6.07, 6.45) is 0.711. The van der Waals surface area contributed by atoms with Crippen LogP contribution < -0.4 is 14.8 Å². The Morgan fingerprint density at radius 2 is 1.86 bits per heavy atom. The van der Waals surface area contributed by atoms with E-state index >= 15 is 0 Å². The highest BCUT2D eigenvalue weighted by Gasteiger charge is 2.15. The lowest BCUT2D eigenvalue weighted by Gasteiger charge is -2.16. The first kappa shape index (κ1) is 22.2. The highest BCUT2D eigenvalue weighted by atomic mass is 35.5. The molecule has 0 aliphatic heterocycles. The fourth-order valence-corrected chi connectivity index (χ4v) is 3.88. The topological polar surface area (TPSA) is 84.5 Å². The maximum atomic E-state index is 12.2. The Hall–Kier alpha value is -2.09. The average molecular weight is 425 g/mol. The van der Waals surface area contributed by atoms with Crippen LogP contribution in [0.25, 0.3) is 0 Å². The van der Waals surface area contributed by atoms with Gasteiger partial charge >= 0.3 is 0 Å². The van der Waals surface area contributed by atoms with Gasteiger partial charge in [-0.15, -0.1) is 0 Å². The first-order valence-electron chi connectivity index (χ1n) is 9.01. The van der Waals surface area contributed by atoms with Crippen molar-refractivity contribution in [2.24, 2.45) is 0 Å². The number of hydrogen-bond acceptors (Lipinski definition) is 4. The van der Waals surface area contributed by atoms with E-state index in [9.17, 15) is 13.2 Å². The third-order valence-electron chi connectivity index (χ3n) is 4.11. The third-order valence-corrected chi connectivity index (χ3v) is 5.82. The minimum Gasteiger partial charge on any atom is -0.484 e. The average Bonchev–Trinajstić information content (AvgIpc) is 2.65. The molecule has 0 heterocycles. The van der Waals surface area contributed by atoms with Crippen LogP contribution in [-0.4, -0.2) is 27.5 Å². The van der Waals surface area contributed by atoms with Gasteiger partial charge in [-0.3, -0.25) is 4.79 Å². The van der Waals surface area contributed by atoms with Crippen LogP contribution in [0.15, 0.2) is 47.4 Å². The van der Waals surface area contributed by atoms with Gasteiger partial charge in [-0.05, 0) is 61.7 Å². The second-order valence-electron chi connectivity index (χ2n) is 6.45. The van der Waals surface area contributed by atoms with Crippen LogP contribution in [0.5, 0.6) is 5.75 Å². The van der Waals surface area contributed by atoms with Gasteiger partial charge in [0.15, 0.2) is 6.61 Å². The van der Waals surface area contributed by atoms with Gasteiger partial charge in [0.2, 0.25) is 10.0 Å². The van der Waals surface area contributed by atoms with E-state index in [0.717, 1.165) is 5.56 Å². The number of halogens is 1. The number of benzene rings is 2. The molecule has 0 radical (unpaired) electrons. The molecule has 0 aromatic heterocycles. The number of carbonyl (C=O) groups excluding carboxylic acids is 1. The maximum Gasteiger partial charge on any atom is 0.258 e. The van der Waals surface area contributed by atoms with Gasteiger partial charge in [-0.2, -0.15) is 0 Å². The van der Waals surface area contributed by atoms with E-state index in [1.54, 1.807) is 25.1 Å². The lowest BCUT2D eigenvalue weighted by atomic mass is 10.1. The van der Waals surface area contributed by atoms with E-state index < -0.39 is 10.0 Å². The van der Waals surface area contributed by atoms with E-state index in [-0.39, 0.29) is 23.5 Å². The number of rotatable bonds is 9. The van der Waals surface area contributed by atoms with Crippen molar-refractivity contribution >= 4 is 27.5 Å². The smallest absolute Gasteiger partial charge is 0.258 e. The van der Waals surface area contributed by atoms with Crippen LogP contribution in [-0.2, 0) is 14.8 Å². The van der Waals surface area contributed by atoms with Gasteiger partial charge in [0, 0.05) is 11.6 Å². The molecule has 2 aromatic carbocycles. The van der Waals surface area contributed by atoms with Crippen molar-refractivity contribution in [2.75, 3.05) is 13.2 Å². The van der Waals surface area contributed by atoms with E-state index in [1.165, 1.54) is 12.1 Å². The van der Waals surface area contributed by atoms with Crippen molar-refractivity contribution in [3.05, 3.63) is 58.6 Å². The fraction of sp³-hybridized carbons (Fsp3) is 0.350. The molecule has 0 aliphatic carbocycles. The second-order valence-corrected chi connectivity index (χ2v) is 8.66. The number of nitrogens with one attached hydrogen (secondary N) is 2. The zero-order valence-corrected chi connectivity index (χ0v) is 17.7. The highest BCUT2D eigenvalue weighted by Crippen LogP contribution is 2.22. The molecule has 0 saturated carbocycles. The minimum absolute atomic E-state index is 0.168. The zero-order chi connectivity index (χ0) is 20.7. The molecule has 1 atom stereocenters. The van der Waals surface area contributed by atoms with Crippen LogP contribution in [0, 0.1) is 6.92 Å². The summed E-state index contributed by atoms with van der Waals surface area (Å²) in [6.45, 7) is 5.71. The number of ether oxygens (including phenoxy) is 1. The van der Waals surface area contributed by atoms with Gasteiger partial charge in [-0.1, -0.05) is 30.7 Å². The van der Waals surface area contributed by atoms with Crippen LogP contribution in [0.3, 0.4) is 0 Å². The Bertz CT molecular complexity index is 914. The molecule has 8 heteroatoms. The van der Waals surface area contributed by atoms with Gasteiger partial charge in [0.05, 0.1) is 10.9 Å². The summed E-state index contributed by atoms with van der Waals surface area (Å²) in [5, 5.41) is 3.49. The third kappa shape index (κ3) is 6.22. The van der Waals surface area contributed by atoms with Crippen molar-refractivity contribution in [2.45, 2.75) is 38.1 Å². The molecule has 28 heavy (non-hydrogen) atoms. The van der Waals surface area contributed by atoms with Crippen LogP contribution >= 0.6 is 11.6 Å². The monoisotopic (exact) mass is 424 g/mol. The van der Waals surface area contributed by atoms with E-state index in [1.807, 2.05) is 26.0 Å². The Kier molecular flexibility index (Phi) is 7.86. The fourth-order valence-electron chi connectivity index (χ4n) is 2.53. The van der Waals surface area contributed by atoms with Crippen molar-refractivity contribution in [3.8, 4) is 5.75 Å². The van der Waals surface area contributed by atoms with Crippen LogP contribution in [0.2, 0.25) is 5.02 Å². The van der Waals surface area contributed by atoms with E-state index in [0.29, 0.717) is 29.3 Å². The summed E-state index contributed by atoms with van der Waals surface area (Å²) in [4.78, 5) is 12.3. The predicted octanol–water partition coefficient (Wildman–Crippen LogP) is 3.59. The Morgan fingerprint density at radius 1 is 1.18 bits per heavy atom. The number of sulfonamides is 1. The van der Waals surface area contributed by atoms with Gasteiger partial charge in [0.1, 0.15) is 5.75 Å². The number of carbonyl (C=O) groups is 1. The predicted molar refractivity (Wildman–Crippen MR) is 110 cm³/mol. The van der Waals surface area contributed by atoms with E-state index in [4.69, 9.17) is 16.3 Å². The largest absolute Gasteiger partial charge is 0.484 e. The molecule has 0 spiro atoms. The molecule has 1 unspecified atom stereocenters. The van der Waals surface area contributed by atoms with Crippen molar-refractivity contribution < 1.29 is 17.9 Å². The number of aryl methyl sites for hydroxylation is 1. The summed E-state index contributed by atoms with van der Waals surface area (Å²) in [7, 11) is -3.54. The Morgan fingerprint density at radius 3 is 2.46 bits per heavy atom. The Labute approximate surface area is 171 Å². The van der Waals surface area contributed by atoms with Gasteiger partial charge in [-0.25, -0.2) is 13.1 Å². The molecule has 6 nitrogen and oxygen atoms in total. The lowest BCUT2D eigenvalue weighted by molar-refractivity contribution is -0.123. The SMILES string of the molecule is CCCNS(=O)(=O)c1ccc(OCC(=O)NC(C)c2ccc(Cl)cc2)c(C)c1. The maximum absolute atomic E-state index is 12.2. The molecule has 0 aliphatic rings. The second kappa shape index (κ2) is 9.91. The van der Waals surface area contributed by atoms with Gasteiger partial charge < -0.3 is 10.1 Å². The van der Waals surface area contributed by atoms with Crippen LogP contribution in [0.1, 0.15) is 37.4 Å². The standard InChI is InChI=1S/C20H25ClN2O4S/c1-4-11-22-28(25,26)18-9-10-19(14(2)12-18)27-13-20(24)23-15(3)16-5-7-17(21)8-6-16/h5-10,12,15,22H,4,11,13H2,1-3H3,(H,23,24). The Balaban J connectivity index is 1.94. The van der Waals surface area contributed by atoms with Crippen molar-refractivity contribution in [1.29, 1.82) is 0 Å². The van der Waals surface area contributed by atoms with Crippen LogP contribution in [0.4, 0.5) is 0 Å². The summed E-state index contributed by atoms with van der Waals surface area (Å²) in [5.74, 6) is 0.187. The highest BCUT2D eigenvalue weighted by molar-refractivity contribution is 7.89. The summed E-state index contributed by atoms with van der Waals surface area (Å²) >= 11 is 5.87. The molecule has 0 saturated heterocycles. The lowest BCUT2D eigenvalue weighted by Crippen LogP contribution is -2.31. The van der Waals surface area contributed by atoms with E-state index in [2.05, 4.69) is 10.0 Å². The first-order valence-corrected chi connectivity index (χ1v) is 10.9. The molecule has 1 amide bonds. The number of hydrogen-bond donors (Lipinski definition) is 2. The molecule has 152 valence electrons. The first-order chi connectivity index (χ1) is 13.2. The molecular formula is C20H25ClN2O4S. The molecular weight excluding hydrogens is 400 g/mol. The van der Waals surface area contributed by atoms with Crippen molar-refractivity contribution in [3.63, 3.8) is 0 Å². The number of amides is 1. The summed E-state index contributed by atoms with van der Waals surface area (Å²) < 4.78 is 32.4. The zero-order valence-electron chi connectivity index (χ0n) is 16.2. The molecule has 2 N–H and O–H groups in total. The molecule has 2 aromatic rings. The molecule has 2 rings (SSSR count). The van der Waals surface area contributed by atoms with Crippen molar-refractivity contribution in [1.82, 2.24) is 10.0 Å².